The summed E-state index contributed by atoms with van der Waals surface area (Å²) < 4.78 is 40.2. The second kappa shape index (κ2) is 7.09. The number of hydrogen-bond acceptors (Lipinski definition) is 3. The molecule has 0 aromatic carbocycles. The van der Waals surface area contributed by atoms with Crippen molar-refractivity contribution in [3.63, 3.8) is 0 Å². The van der Waals surface area contributed by atoms with E-state index in [0.717, 1.165) is 19.4 Å². The molecule has 1 amide bonds. The molecule has 0 saturated carbocycles. The van der Waals surface area contributed by atoms with E-state index >= 15 is 0 Å². The Morgan fingerprint density at radius 2 is 2.16 bits per heavy atom. The fraction of sp³-hybridized carbons (Fsp3) is 0.917. The molecule has 1 heterocycles. The van der Waals surface area contributed by atoms with E-state index in [4.69, 9.17) is 0 Å². The van der Waals surface area contributed by atoms with E-state index in [9.17, 15) is 18.0 Å². The Balaban J connectivity index is 2.39. The number of nitrogens with one attached hydrogen (secondary N) is 1. The Hall–Kier alpha value is -0.820. The van der Waals surface area contributed by atoms with Crippen LogP contribution in [0.1, 0.15) is 26.7 Å². The first-order valence-corrected chi connectivity index (χ1v) is 6.47. The third-order valence-electron chi connectivity index (χ3n) is 3.01. The molecular formula is C12H21F3N2O2. The summed E-state index contributed by atoms with van der Waals surface area (Å²) in [5, 5.41) is 3.26. The van der Waals surface area contributed by atoms with E-state index in [1.54, 1.807) is 4.90 Å². The van der Waals surface area contributed by atoms with Crippen LogP contribution in [0.2, 0.25) is 0 Å². The van der Waals surface area contributed by atoms with Crippen LogP contribution in [-0.4, -0.2) is 55.4 Å². The molecule has 1 aliphatic heterocycles. The maximum absolute atomic E-state index is 11.9. The Kier molecular flexibility index (Phi) is 6.06. The Bertz CT molecular complexity index is 289. The number of halogens is 3. The van der Waals surface area contributed by atoms with Crippen molar-refractivity contribution >= 4 is 5.91 Å². The molecule has 0 aliphatic carbocycles. The van der Waals surface area contributed by atoms with Crippen molar-refractivity contribution in [3.8, 4) is 0 Å². The molecule has 1 atom stereocenters. The number of amides is 1. The number of alkyl halides is 3. The minimum atomic E-state index is -4.39. The van der Waals surface area contributed by atoms with Crippen molar-refractivity contribution in [3.05, 3.63) is 0 Å². The predicted molar refractivity (Wildman–Crippen MR) is 64.7 cm³/mol. The zero-order valence-electron chi connectivity index (χ0n) is 11.3. The molecule has 4 nitrogen and oxygen atoms in total. The summed E-state index contributed by atoms with van der Waals surface area (Å²) in [5.41, 5.74) is 0. The SMILES string of the molecule is CC(C)N(CC1CCCN1)C(=O)COCC(F)(F)F. The first kappa shape index (κ1) is 16.2. The van der Waals surface area contributed by atoms with Crippen LogP contribution in [0, 0.1) is 0 Å². The Morgan fingerprint density at radius 3 is 2.63 bits per heavy atom. The molecule has 0 aromatic heterocycles. The first-order chi connectivity index (χ1) is 8.79. The molecule has 1 unspecified atom stereocenters. The van der Waals surface area contributed by atoms with Crippen LogP contribution in [0.15, 0.2) is 0 Å². The summed E-state index contributed by atoms with van der Waals surface area (Å²) in [6.07, 6.45) is -2.34. The van der Waals surface area contributed by atoms with Crippen LogP contribution >= 0.6 is 0 Å². The van der Waals surface area contributed by atoms with E-state index in [2.05, 4.69) is 10.1 Å². The van der Waals surface area contributed by atoms with Gasteiger partial charge in [-0.15, -0.1) is 0 Å². The summed E-state index contributed by atoms with van der Waals surface area (Å²) in [4.78, 5) is 13.4. The van der Waals surface area contributed by atoms with Gasteiger partial charge in [-0.25, -0.2) is 0 Å². The normalized spacial score (nSPS) is 20.0. The molecule has 1 N–H and O–H groups in total. The lowest BCUT2D eigenvalue weighted by Gasteiger charge is -2.29. The van der Waals surface area contributed by atoms with Crippen molar-refractivity contribution in [2.45, 2.75) is 44.9 Å². The zero-order chi connectivity index (χ0) is 14.5. The van der Waals surface area contributed by atoms with Crippen molar-refractivity contribution in [1.82, 2.24) is 10.2 Å². The van der Waals surface area contributed by atoms with Gasteiger partial charge in [0.1, 0.15) is 13.2 Å². The fourth-order valence-corrected chi connectivity index (χ4v) is 2.09. The van der Waals surface area contributed by atoms with Gasteiger partial charge in [0.05, 0.1) is 0 Å². The number of ether oxygens (including phenoxy) is 1. The van der Waals surface area contributed by atoms with Gasteiger partial charge in [0.15, 0.2) is 0 Å². The lowest BCUT2D eigenvalue weighted by atomic mass is 10.2. The van der Waals surface area contributed by atoms with Crippen LogP contribution in [0.3, 0.4) is 0 Å². The maximum atomic E-state index is 11.9. The summed E-state index contributed by atoms with van der Waals surface area (Å²) in [6.45, 7) is 3.23. The average Bonchev–Trinajstić information content (AvgIpc) is 2.76. The third-order valence-corrected chi connectivity index (χ3v) is 3.01. The van der Waals surface area contributed by atoms with Crippen molar-refractivity contribution in [2.75, 3.05) is 26.3 Å². The quantitative estimate of drug-likeness (QED) is 0.804. The molecule has 0 spiro atoms. The van der Waals surface area contributed by atoms with Gasteiger partial charge in [-0.2, -0.15) is 13.2 Å². The van der Waals surface area contributed by atoms with Gasteiger partial charge < -0.3 is 15.0 Å². The molecule has 1 aliphatic rings. The Morgan fingerprint density at radius 1 is 1.47 bits per heavy atom. The van der Waals surface area contributed by atoms with Gasteiger partial charge in [-0.05, 0) is 33.2 Å². The minimum Gasteiger partial charge on any atom is -0.362 e. The van der Waals surface area contributed by atoms with Crippen LogP contribution in [0.25, 0.3) is 0 Å². The van der Waals surface area contributed by atoms with Gasteiger partial charge in [0, 0.05) is 18.6 Å². The predicted octanol–water partition coefficient (Wildman–Crippen LogP) is 1.55. The van der Waals surface area contributed by atoms with Crippen molar-refractivity contribution < 1.29 is 22.7 Å². The first-order valence-electron chi connectivity index (χ1n) is 6.47. The molecular weight excluding hydrogens is 261 g/mol. The highest BCUT2D eigenvalue weighted by Crippen LogP contribution is 2.15. The van der Waals surface area contributed by atoms with Gasteiger partial charge in [0.25, 0.3) is 0 Å². The highest BCUT2D eigenvalue weighted by molar-refractivity contribution is 5.77. The van der Waals surface area contributed by atoms with Crippen molar-refractivity contribution in [1.29, 1.82) is 0 Å². The highest BCUT2D eigenvalue weighted by atomic mass is 19.4. The van der Waals surface area contributed by atoms with E-state index in [-0.39, 0.29) is 12.1 Å². The lowest BCUT2D eigenvalue weighted by molar-refractivity contribution is -0.178. The fourth-order valence-electron chi connectivity index (χ4n) is 2.09. The smallest absolute Gasteiger partial charge is 0.362 e. The van der Waals surface area contributed by atoms with E-state index < -0.39 is 25.3 Å². The third kappa shape index (κ3) is 6.24. The molecule has 112 valence electrons. The van der Waals surface area contributed by atoms with Gasteiger partial charge >= 0.3 is 6.18 Å². The zero-order valence-corrected chi connectivity index (χ0v) is 11.3. The number of rotatable bonds is 6. The topological polar surface area (TPSA) is 41.6 Å². The summed E-state index contributed by atoms with van der Waals surface area (Å²) in [5.74, 6) is -0.395. The largest absolute Gasteiger partial charge is 0.411 e. The van der Waals surface area contributed by atoms with Crippen LogP contribution in [0.4, 0.5) is 13.2 Å². The molecule has 1 fully saturated rings. The van der Waals surface area contributed by atoms with Gasteiger partial charge in [0.2, 0.25) is 5.91 Å². The second-order valence-electron chi connectivity index (χ2n) is 5.04. The Labute approximate surface area is 111 Å². The summed E-state index contributed by atoms with van der Waals surface area (Å²) >= 11 is 0. The molecule has 0 bridgehead atoms. The highest BCUT2D eigenvalue weighted by Gasteiger charge is 2.29. The maximum Gasteiger partial charge on any atom is 0.411 e. The molecule has 1 saturated heterocycles. The molecule has 1 rings (SSSR count). The van der Waals surface area contributed by atoms with Crippen LogP contribution in [0.5, 0.6) is 0 Å². The van der Waals surface area contributed by atoms with E-state index in [0.29, 0.717) is 6.54 Å². The van der Waals surface area contributed by atoms with Gasteiger partial charge in [-0.1, -0.05) is 0 Å². The monoisotopic (exact) mass is 282 g/mol. The average molecular weight is 282 g/mol. The lowest BCUT2D eigenvalue weighted by Crippen LogP contribution is -2.46. The van der Waals surface area contributed by atoms with Crippen LogP contribution < -0.4 is 5.32 Å². The standard InChI is InChI=1S/C12H21F3N2O2/c1-9(2)17(6-10-4-3-5-16-10)11(18)7-19-8-12(13,14)15/h9-10,16H,3-8H2,1-2H3. The van der Waals surface area contributed by atoms with Gasteiger partial charge in [-0.3, -0.25) is 4.79 Å². The van der Waals surface area contributed by atoms with Crippen LogP contribution in [-0.2, 0) is 9.53 Å². The molecule has 0 radical (unpaired) electrons. The minimum absolute atomic E-state index is 0.0515. The van der Waals surface area contributed by atoms with E-state index in [1.807, 2.05) is 13.8 Å². The number of nitrogens with zero attached hydrogens (tertiary/aromatic N) is 1. The van der Waals surface area contributed by atoms with E-state index in [1.165, 1.54) is 0 Å². The molecule has 7 heteroatoms. The summed E-state index contributed by atoms with van der Waals surface area (Å²) in [7, 11) is 0. The molecule has 0 aromatic rings. The summed E-state index contributed by atoms with van der Waals surface area (Å²) in [6, 6.07) is 0.179. The van der Waals surface area contributed by atoms with Crippen molar-refractivity contribution in [2.24, 2.45) is 0 Å². The molecule has 19 heavy (non-hydrogen) atoms. The second-order valence-corrected chi connectivity index (χ2v) is 5.04. The number of carbonyl (C=O) groups excluding carboxylic acids is 1. The number of hydrogen-bond donors (Lipinski definition) is 1. The number of carbonyl (C=O) groups is 1.